The highest BCUT2D eigenvalue weighted by atomic mass is 16.4. The first-order chi connectivity index (χ1) is 6.25. The van der Waals surface area contributed by atoms with Crippen molar-refractivity contribution >= 4 is 5.97 Å². The Morgan fingerprint density at radius 2 is 1.92 bits per heavy atom. The normalized spacial score (nSPS) is 28.6. The van der Waals surface area contributed by atoms with Crippen molar-refractivity contribution in [3.05, 3.63) is 11.6 Å². The van der Waals surface area contributed by atoms with Crippen LogP contribution in [-0.2, 0) is 4.79 Å². The molecule has 0 spiro atoms. The average molecular weight is 180 g/mol. The summed E-state index contributed by atoms with van der Waals surface area (Å²) in [7, 11) is 0. The highest BCUT2D eigenvalue weighted by Gasteiger charge is 2.30. The van der Waals surface area contributed by atoms with E-state index in [0.29, 0.717) is 0 Å². The number of hydrogen-bond donors (Lipinski definition) is 1. The summed E-state index contributed by atoms with van der Waals surface area (Å²) in [5.74, 6) is 0.0703. The van der Waals surface area contributed by atoms with E-state index in [4.69, 9.17) is 5.11 Å². The Kier molecular flexibility index (Phi) is 2.38. The number of carbonyl (C=O) groups is 1. The van der Waals surface area contributed by atoms with Gasteiger partial charge in [0.15, 0.2) is 0 Å². The zero-order valence-corrected chi connectivity index (χ0v) is 7.83. The van der Waals surface area contributed by atoms with E-state index in [2.05, 4.69) is 6.08 Å². The van der Waals surface area contributed by atoms with Gasteiger partial charge in [0.1, 0.15) is 0 Å². The summed E-state index contributed by atoms with van der Waals surface area (Å²) in [4.78, 5) is 10.5. The van der Waals surface area contributed by atoms with Gasteiger partial charge in [-0.2, -0.15) is 0 Å². The van der Waals surface area contributed by atoms with Crippen LogP contribution >= 0.6 is 0 Å². The minimum atomic E-state index is -0.622. The quantitative estimate of drug-likeness (QED) is 0.663. The molecule has 2 fully saturated rings. The van der Waals surface area contributed by atoms with Crippen molar-refractivity contribution in [2.24, 2.45) is 11.8 Å². The molecule has 0 amide bonds. The van der Waals surface area contributed by atoms with Crippen molar-refractivity contribution in [2.45, 2.75) is 38.5 Å². The largest absolute Gasteiger partial charge is 0.481 e. The molecule has 0 radical (unpaired) electrons. The van der Waals surface area contributed by atoms with Crippen LogP contribution in [0.2, 0.25) is 0 Å². The summed E-state index contributed by atoms with van der Waals surface area (Å²) in [5, 5.41) is 8.68. The Labute approximate surface area is 78.6 Å². The average Bonchev–Trinajstić information content (AvgIpc) is 2.46. The maximum Gasteiger partial charge on any atom is 0.307 e. The number of allylic oxidation sites excluding steroid dienone is 2. The van der Waals surface area contributed by atoms with Gasteiger partial charge < -0.3 is 5.11 Å². The molecule has 0 aromatic rings. The lowest BCUT2D eigenvalue weighted by Gasteiger charge is -2.26. The molecule has 0 atom stereocenters. The van der Waals surface area contributed by atoms with E-state index in [1.807, 2.05) is 0 Å². The van der Waals surface area contributed by atoms with E-state index >= 15 is 0 Å². The molecular formula is C11H16O2. The van der Waals surface area contributed by atoms with E-state index in [-0.39, 0.29) is 5.92 Å². The highest BCUT2D eigenvalue weighted by Crippen LogP contribution is 2.36. The van der Waals surface area contributed by atoms with E-state index < -0.39 is 5.97 Å². The topological polar surface area (TPSA) is 37.3 Å². The predicted molar refractivity (Wildman–Crippen MR) is 50.4 cm³/mol. The summed E-state index contributed by atoms with van der Waals surface area (Å²) in [6.45, 7) is 0. The van der Waals surface area contributed by atoms with Gasteiger partial charge in [-0.05, 0) is 31.6 Å². The minimum Gasteiger partial charge on any atom is -0.481 e. The molecule has 0 aliphatic heterocycles. The summed E-state index contributed by atoms with van der Waals surface area (Å²) >= 11 is 0. The second-order valence-corrected chi connectivity index (χ2v) is 4.31. The van der Waals surface area contributed by atoms with E-state index in [1.54, 1.807) is 0 Å². The maximum absolute atomic E-state index is 10.5. The van der Waals surface area contributed by atoms with Crippen LogP contribution in [0.4, 0.5) is 0 Å². The van der Waals surface area contributed by atoms with Gasteiger partial charge in [-0.1, -0.05) is 24.5 Å². The molecule has 2 heteroatoms. The standard InChI is InChI=1S/C11H16O2/c12-11(13)10-6-9(7-10)5-8-3-1-2-4-8/h5,8,10H,1-4,6-7H2,(H,12,13). The first kappa shape index (κ1) is 8.79. The lowest BCUT2D eigenvalue weighted by molar-refractivity contribution is -0.143. The third-order valence-electron chi connectivity index (χ3n) is 3.24. The molecule has 2 rings (SSSR count). The molecule has 2 aliphatic carbocycles. The van der Waals surface area contributed by atoms with E-state index in [0.717, 1.165) is 18.8 Å². The smallest absolute Gasteiger partial charge is 0.307 e. The second kappa shape index (κ2) is 3.52. The summed E-state index contributed by atoms with van der Waals surface area (Å²) < 4.78 is 0. The van der Waals surface area contributed by atoms with Crippen molar-refractivity contribution in [1.29, 1.82) is 0 Å². The van der Waals surface area contributed by atoms with Crippen molar-refractivity contribution in [3.8, 4) is 0 Å². The van der Waals surface area contributed by atoms with Crippen LogP contribution in [0.15, 0.2) is 11.6 Å². The Morgan fingerprint density at radius 3 is 2.46 bits per heavy atom. The molecule has 0 bridgehead atoms. The summed E-state index contributed by atoms with van der Waals surface area (Å²) in [5.41, 5.74) is 1.39. The molecule has 2 saturated carbocycles. The number of carboxylic acids is 1. The predicted octanol–water partition coefficient (Wildman–Crippen LogP) is 2.60. The van der Waals surface area contributed by atoms with Crippen molar-refractivity contribution in [2.75, 3.05) is 0 Å². The number of rotatable bonds is 2. The molecular weight excluding hydrogens is 164 g/mol. The van der Waals surface area contributed by atoms with Crippen LogP contribution in [0.1, 0.15) is 38.5 Å². The fourth-order valence-electron chi connectivity index (χ4n) is 2.34. The first-order valence-electron chi connectivity index (χ1n) is 5.18. The Balaban J connectivity index is 1.81. The zero-order chi connectivity index (χ0) is 9.26. The van der Waals surface area contributed by atoms with Gasteiger partial charge in [-0.3, -0.25) is 4.79 Å². The van der Waals surface area contributed by atoms with Gasteiger partial charge in [0.2, 0.25) is 0 Å². The molecule has 0 unspecified atom stereocenters. The lowest BCUT2D eigenvalue weighted by Crippen LogP contribution is -2.24. The molecule has 13 heavy (non-hydrogen) atoms. The van der Waals surface area contributed by atoms with Crippen molar-refractivity contribution in [3.63, 3.8) is 0 Å². The number of hydrogen-bond acceptors (Lipinski definition) is 1. The van der Waals surface area contributed by atoms with Crippen molar-refractivity contribution < 1.29 is 9.90 Å². The maximum atomic E-state index is 10.5. The number of carboxylic acid groups (broad SMARTS) is 1. The highest BCUT2D eigenvalue weighted by molar-refractivity contribution is 5.72. The Morgan fingerprint density at radius 1 is 1.31 bits per heavy atom. The van der Waals surface area contributed by atoms with Gasteiger partial charge in [-0.25, -0.2) is 0 Å². The Hall–Kier alpha value is -0.790. The van der Waals surface area contributed by atoms with Crippen LogP contribution in [0.3, 0.4) is 0 Å². The molecule has 0 heterocycles. The monoisotopic (exact) mass is 180 g/mol. The third-order valence-corrected chi connectivity index (χ3v) is 3.24. The summed E-state index contributed by atoms with van der Waals surface area (Å²) in [6.07, 6.45) is 9.32. The SMILES string of the molecule is O=C(O)C1CC(=CC2CCCC2)C1. The zero-order valence-electron chi connectivity index (χ0n) is 7.83. The van der Waals surface area contributed by atoms with Crippen LogP contribution < -0.4 is 0 Å². The van der Waals surface area contributed by atoms with Crippen LogP contribution in [0, 0.1) is 11.8 Å². The molecule has 1 N–H and O–H groups in total. The third kappa shape index (κ3) is 1.93. The summed E-state index contributed by atoms with van der Waals surface area (Å²) in [6, 6.07) is 0. The Bertz CT molecular complexity index is 228. The molecule has 72 valence electrons. The van der Waals surface area contributed by atoms with Crippen LogP contribution in [-0.4, -0.2) is 11.1 Å². The fraction of sp³-hybridized carbons (Fsp3) is 0.727. The van der Waals surface area contributed by atoms with E-state index in [9.17, 15) is 4.79 Å². The van der Waals surface area contributed by atoms with Gasteiger partial charge in [0.25, 0.3) is 0 Å². The molecule has 2 nitrogen and oxygen atoms in total. The van der Waals surface area contributed by atoms with E-state index in [1.165, 1.54) is 31.3 Å². The van der Waals surface area contributed by atoms with Gasteiger partial charge in [-0.15, -0.1) is 0 Å². The second-order valence-electron chi connectivity index (χ2n) is 4.31. The molecule has 0 saturated heterocycles. The van der Waals surface area contributed by atoms with Crippen LogP contribution in [0.25, 0.3) is 0 Å². The first-order valence-corrected chi connectivity index (χ1v) is 5.18. The number of aliphatic carboxylic acids is 1. The molecule has 0 aromatic carbocycles. The lowest BCUT2D eigenvalue weighted by atomic mass is 9.78. The molecule has 0 aromatic heterocycles. The van der Waals surface area contributed by atoms with Gasteiger partial charge >= 0.3 is 5.97 Å². The van der Waals surface area contributed by atoms with Gasteiger partial charge in [0.05, 0.1) is 5.92 Å². The van der Waals surface area contributed by atoms with Crippen LogP contribution in [0.5, 0.6) is 0 Å². The molecule has 2 aliphatic rings. The van der Waals surface area contributed by atoms with Gasteiger partial charge in [0, 0.05) is 0 Å². The fourth-order valence-corrected chi connectivity index (χ4v) is 2.34. The minimum absolute atomic E-state index is 0.0762. The van der Waals surface area contributed by atoms with Crippen molar-refractivity contribution in [1.82, 2.24) is 0 Å².